The Morgan fingerprint density at radius 3 is 2.81 bits per heavy atom. The topological polar surface area (TPSA) is 146 Å². The van der Waals surface area contributed by atoms with E-state index < -0.39 is 24.0 Å². The fourth-order valence-corrected chi connectivity index (χ4v) is 1.48. The number of carboxylic acids is 1. The van der Waals surface area contributed by atoms with Crippen LogP contribution in [0.2, 0.25) is 0 Å². The molecule has 1 aromatic heterocycles. The number of methoxy groups -OCH3 is 1. The monoisotopic (exact) mass is 299 g/mol. The number of aliphatic carboxylic acids is 1. The van der Waals surface area contributed by atoms with Gasteiger partial charge >= 0.3 is 18.0 Å². The molecule has 4 N–H and O–H groups in total. The minimum Gasteiger partial charge on any atom is -0.480 e. The number of carbonyl (C=O) groups excluding carboxylic acids is 2. The molecule has 10 nitrogen and oxygen atoms in total. The molecule has 0 aliphatic carbocycles. The summed E-state index contributed by atoms with van der Waals surface area (Å²) in [7, 11) is 1.21. The lowest BCUT2D eigenvalue weighted by molar-refractivity contribution is -0.142. The van der Waals surface area contributed by atoms with Crippen LogP contribution < -0.4 is 10.6 Å². The van der Waals surface area contributed by atoms with Crippen LogP contribution in [-0.4, -0.2) is 58.0 Å². The third-order valence-corrected chi connectivity index (χ3v) is 2.58. The Labute approximate surface area is 120 Å². The van der Waals surface area contributed by atoms with E-state index in [4.69, 9.17) is 5.11 Å². The largest absolute Gasteiger partial charge is 0.480 e. The molecule has 21 heavy (non-hydrogen) atoms. The number of ether oxygens (including phenoxy) is 1. The van der Waals surface area contributed by atoms with E-state index in [0.717, 1.165) is 0 Å². The van der Waals surface area contributed by atoms with E-state index in [1.165, 1.54) is 13.4 Å². The van der Waals surface area contributed by atoms with Gasteiger partial charge in [0.25, 0.3) is 0 Å². The summed E-state index contributed by atoms with van der Waals surface area (Å²) >= 11 is 0. The number of aromatic amines is 1. The first-order chi connectivity index (χ1) is 10.0. The predicted octanol–water partition coefficient (Wildman–Crippen LogP) is -0.947. The summed E-state index contributed by atoms with van der Waals surface area (Å²) in [6, 6.07) is -1.79. The number of carboxylic acid groups (broad SMARTS) is 1. The van der Waals surface area contributed by atoms with Gasteiger partial charge in [-0.25, -0.2) is 14.6 Å². The Bertz CT molecular complexity index is 475. The molecule has 1 atom stereocenters. The van der Waals surface area contributed by atoms with Crippen LogP contribution in [0.25, 0.3) is 0 Å². The summed E-state index contributed by atoms with van der Waals surface area (Å²) in [5.41, 5.74) is 0. The van der Waals surface area contributed by atoms with E-state index in [1.54, 1.807) is 0 Å². The van der Waals surface area contributed by atoms with Crippen molar-refractivity contribution in [2.75, 3.05) is 13.7 Å². The predicted molar refractivity (Wildman–Crippen MR) is 69.3 cm³/mol. The van der Waals surface area contributed by atoms with E-state index in [2.05, 4.69) is 30.6 Å². The molecule has 1 heterocycles. The van der Waals surface area contributed by atoms with Crippen LogP contribution in [0, 0.1) is 0 Å². The van der Waals surface area contributed by atoms with Crippen molar-refractivity contribution in [3.63, 3.8) is 0 Å². The van der Waals surface area contributed by atoms with Crippen molar-refractivity contribution in [3.8, 4) is 0 Å². The lowest BCUT2D eigenvalue weighted by Gasteiger charge is -2.14. The summed E-state index contributed by atoms with van der Waals surface area (Å²) in [6.45, 7) is 0.268. The minimum absolute atomic E-state index is 0.0441. The minimum atomic E-state index is -1.22. The zero-order chi connectivity index (χ0) is 15.7. The fraction of sp³-hybridized carbons (Fsp3) is 0.545. The molecule has 1 aromatic rings. The molecule has 116 valence electrons. The number of aromatic nitrogens is 3. The Morgan fingerprint density at radius 1 is 1.48 bits per heavy atom. The average Bonchev–Trinajstić information content (AvgIpc) is 2.95. The van der Waals surface area contributed by atoms with E-state index >= 15 is 0 Å². The van der Waals surface area contributed by atoms with Crippen LogP contribution in [-0.2, 0) is 20.7 Å². The van der Waals surface area contributed by atoms with Crippen LogP contribution in [0.15, 0.2) is 6.33 Å². The van der Waals surface area contributed by atoms with E-state index in [0.29, 0.717) is 12.2 Å². The van der Waals surface area contributed by atoms with Crippen LogP contribution in [0.5, 0.6) is 0 Å². The van der Waals surface area contributed by atoms with Gasteiger partial charge in [0.1, 0.15) is 18.2 Å². The molecule has 0 saturated heterocycles. The van der Waals surface area contributed by atoms with Crippen LogP contribution in [0.1, 0.15) is 18.7 Å². The van der Waals surface area contributed by atoms with Gasteiger partial charge < -0.3 is 20.5 Å². The number of carbonyl (C=O) groups is 3. The second kappa shape index (κ2) is 8.51. The maximum atomic E-state index is 11.6. The number of hydrogen-bond donors (Lipinski definition) is 4. The number of rotatable bonds is 8. The fourth-order valence-electron chi connectivity index (χ4n) is 1.48. The zero-order valence-corrected chi connectivity index (χ0v) is 11.5. The van der Waals surface area contributed by atoms with Gasteiger partial charge in [0.05, 0.1) is 7.11 Å². The molecule has 0 bridgehead atoms. The van der Waals surface area contributed by atoms with Crippen molar-refractivity contribution in [1.29, 1.82) is 0 Å². The van der Waals surface area contributed by atoms with Crippen LogP contribution >= 0.6 is 0 Å². The van der Waals surface area contributed by atoms with Gasteiger partial charge in [-0.05, 0) is 6.42 Å². The third kappa shape index (κ3) is 6.36. The van der Waals surface area contributed by atoms with Gasteiger partial charge in [0.15, 0.2) is 0 Å². The molecule has 0 saturated carbocycles. The van der Waals surface area contributed by atoms with Gasteiger partial charge in [-0.15, -0.1) is 0 Å². The molecule has 0 aliphatic rings. The van der Waals surface area contributed by atoms with Gasteiger partial charge in [-0.3, -0.25) is 9.89 Å². The Balaban J connectivity index is 2.31. The lowest BCUT2D eigenvalue weighted by atomic mass is 10.1. The van der Waals surface area contributed by atoms with Gasteiger partial charge in [-0.2, -0.15) is 5.10 Å². The van der Waals surface area contributed by atoms with Gasteiger partial charge in [-0.1, -0.05) is 0 Å². The SMILES string of the molecule is COC(=O)CC[C@H](NC(=O)NCCc1ncn[nH]1)C(=O)O. The standard InChI is InChI=1S/C11H17N5O5/c1-21-9(17)3-2-7(10(18)19)15-11(20)12-5-4-8-13-6-14-16-8/h6-7H,2-5H2,1H3,(H,18,19)(H2,12,15,20)(H,13,14,16)/t7-/m0/s1. The number of amides is 2. The van der Waals surface area contributed by atoms with Crippen molar-refractivity contribution in [2.24, 2.45) is 0 Å². The van der Waals surface area contributed by atoms with E-state index in [9.17, 15) is 14.4 Å². The number of hydrogen-bond acceptors (Lipinski definition) is 6. The Hall–Kier alpha value is -2.65. The Morgan fingerprint density at radius 2 is 2.24 bits per heavy atom. The highest BCUT2D eigenvalue weighted by Gasteiger charge is 2.21. The van der Waals surface area contributed by atoms with Gasteiger partial charge in [0.2, 0.25) is 0 Å². The number of nitrogens with one attached hydrogen (secondary N) is 3. The maximum Gasteiger partial charge on any atom is 0.326 e. The number of nitrogens with zero attached hydrogens (tertiary/aromatic N) is 2. The molecule has 2 amide bonds. The molecule has 0 unspecified atom stereocenters. The molecule has 0 aromatic carbocycles. The lowest BCUT2D eigenvalue weighted by Crippen LogP contribution is -2.46. The molecule has 0 spiro atoms. The molecule has 1 rings (SSSR count). The summed E-state index contributed by atoms with van der Waals surface area (Å²) in [4.78, 5) is 37.4. The van der Waals surface area contributed by atoms with Crippen molar-refractivity contribution in [2.45, 2.75) is 25.3 Å². The zero-order valence-electron chi connectivity index (χ0n) is 11.5. The highest BCUT2D eigenvalue weighted by atomic mass is 16.5. The molecular weight excluding hydrogens is 282 g/mol. The molecule has 0 radical (unpaired) electrons. The number of urea groups is 1. The molecule has 0 aliphatic heterocycles. The Kier molecular flexibility index (Phi) is 6.65. The number of esters is 1. The van der Waals surface area contributed by atoms with Crippen molar-refractivity contribution >= 4 is 18.0 Å². The highest BCUT2D eigenvalue weighted by molar-refractivity contribution is 5.83. The quantitative estimate of drug-likeness (QED) is 0.453. The second-order valence-corrected chi connectivity index (χ2v) is 4.09. The maximum absolute atomic E-state index is 11.6. The van der Waals surface area contributed by atoms with Crippen LogP contribution in [0.4, 0.5) is 4.79 Å². The third-order valence-electron chi connectivity index (χ3n) is 2.58. The smallest absolute Gasteiger partial charge is 0.326 e. The normalized spacial score (nSPS) is 11.5. The highest BCUT2D eigenvalue weighted by Crippen LogP contribution is 1.99. The summed E-state index contributed by atoms with van der Waals surface area (Å²) in [5, 5.41) is 20.0. The first-order valence-corrected chi connectivity index (χ1v) is 6.21. The average molecular weight is 299 g/mol. The van der Waals surface area contributed by atoms with E-state index in [-0.39, 0.29) is 19.4 Å². The number of H-pyrrole nitrogens is 1. The van der Waals surface area contributed by atoms with Crippen LogP contribution in [0.3, 0.4) is 0 Å². The van der Waals surface area contributed by atoms with Crippen molar-refractivity contribution in [3.05, 3.63) is 12.2 Å². The summed E-state index contributed by atoms with van der Waals surface area (Å²) in [5.74, 6) is -1.14. The summed E-state index contributed by atoms with van der Waals surface area (Å²) < 4.78 is 4.42. The van der Waals surface area contributed by atoms with E-state index in [1.807, 2.05) is 0 Å². The molecular formula is C11H17N5O5. The first kappa shape index (κ1) is 16.4. The van der Waals surface area contributed by atoms with Crippen molar-refractivity contribution < 1.29 is 24.2 Å². The molecule has 10 heteroatoms. The van der Waals surface area contributed by atoms with Gasteiger partial charge in [0, 0.05) is 19.4 Å². The second-order valence-electron chi connectivity index (χ2n) is 4.09. The van der Waals surface area contributed by atoms with Crippen molar-refractivity contribution in [1.82, 2.24) is 25.8 Å². The first-order valence-electron chi connectivity index (χ1n) is 6.21. The molecule has 0 fully saturated rings. The summed E-state index contributed by atoms with van der Waals surface area (Å²) in [6.07, 6.45) is 1.65.